The van der Waals surface area contributed by atoms with Gasteiger partial charge in [0.25, 0.3) is 0 Å². The third kappa shape index (κ3) is 10.4. The van der Waals surface area contributed by atoms with E-state index >= 15 is 96.6 Å². The van der Waals surface area contributed by atoms with Gasteiger partial charge in [-0.25, -0.2) is 35.1 Å². The van der Waals surface area contributed by atoms with Crippen molar-refractivity contribution in [1.29, 1.82) is 0 Å². The predicted octanol–water partition coefficient (Wildman–Crippen LogP) is 20.1. The van der Waals surface area contributed by atoms with Crippen LogP contribution in [0.2, 0.25) is 0 Å². The molecule has 0 fully saturated rings. The van der Waals surface area contributed by atoms with E-state index in [9.17, 15) is 0 Å². The molecule has 0 spiro atoms. The molecule has 9 aromatic rings. The fourth-order valence-corrected chi connectivity index (χ4v) is 8.75. The second kappa shape index (κ2) is 22.3. The largest absolute Gasteiger partial charge is 0.451 e. The number of ether oxygens (including phenoxy) is 4. The smallest absolute Gasteiger partial charge is 0.411 e. The van der Waals surface area contributed by atoms with Gasteiger partial charge in [0.2, 0.25) is 75.0 Å². The summed E-state index contributed by atoms with van der Waals surface area (Å²) in [6, 6.07) is 17.2. The van der Waals surface area contributed by atoms with Crippen LogP contribution in [0.15, 0.2) is 121 Å². The summed E-state index contributed by atoms with van der Waals surface area (Å²) in [6.45, 7) is 3.39. The maximum atomic E-state index is 15.6. The Balaban J connectivity index is 0.990. The van der Waals surface area contributed by atoms with Crippen LogP contribution in [0.1, 0.15) is 22.3 Å². The van der Waals surface area contributed by atoms with Crippen LogP contribution in [-0.2, 0) is 5.41 Å². The molecule has 0 aliphatic heterocycles. The van der Waals surface area contributed by atoms with Crippen LogP contribution >= 0.6 is 0 Å². The SMILES string of the molecule is Cc1ccc(Oc2c(F)c(F)c(-c3c(F)c(F)c(Oc4ccc(C(c5ccc(Oc6c(F)c(F)c(-c7c(F)c(F)c(Oc8ccc(-c9ccc(C)cc9)cc8)c(F)c7F)c(F)c6F)cc5)(C(F)(F)F)C(F)(F)F)cc4)c(F)c3F)c(F)c2F)cc1. The van der Waals surface area contributed by atoms with E-state index in [1.165, 1.54) is 24.3 Å². The second-order valence-electron chi connectivity index (χ2n) is 18.2. The van der Waals surface area contributed by atoms with Gasteiger partial charge in [0.15, 0.2) is 46.5 Å². The van der Waals surface area contributed by atoms with Gasteiger partial charge < -0.3 is 18.9 Å². The topological polar surface area (TPSA) is 36.9 Å². The summed E-state index contributed by atoms with van der Waals surface area (Å²) >= 11 is 0. The first kappa shape index (κ1) is 60.2. The van der Waals surface area contributed by atoms with E-state index in [0.717, 1.165) is 29.8 Å². The minimum atomic E-state index is -6.48. The lowest BCUT2D eigenvalue weighted by Crippen LogP contribution is -2.54. The highest BCUT2D eigenvalue weighted by molar-refractivity contribution is 5.71. The van der Waals surface area contributed by atoms with Gasteiger partial charge in [-0.3, -0.25) is 0 Å². The van der Waals surface area contributed by atoms with Crippen molar-refractivity contribution in [2.24, 2.45) is 0 Å². The molecule has 0 bridgehead atoms. The number of halogens is 22. The molecule has 9 rings (SSSR count). The molecule has 0 heterocycles. The predicted molar refractivity (Wildman–Crippen MR) is 257 cm³/mol. The highest BCUT2D eigenvalue weighted by Gasteiger charge is 2.72. The van der Waals surface area contributed by atoms with E-state index < -0.39 is 190 Å². The first-order valence-corrected chi connectivity index (χ1v) is 23.6. The molecule has 0 N–H and O–H groups in total. The summed E-state index contributed by atoms with van der Waals surface area (Å²) in [5, 5.41) is 0. The van der Waals surface area contributed by atoms with Crippen molar-refractivity contribution < 1.29 is 116 Å². The van der Waals surface area contributed by atoms with Gasteiger partial charge in [0.05, 0.1) is 22.3 Å². The Morgan fingerprint density at radius 2 is 0.412 bits per heavy atom. The minimum absolute atomic E-state index is 0.0398. The number of alkyl halides is 6. The molecule has 0 radical (unpaired) electrons. The van der Waals surface area contributed by atoms with Crippen molar-refractivity contribution in [1.82, 2.24) is 0 Å². The van der Waals surface area contributed by atoms with E-state index in [2.05, 4.69) is 4.74 Å². The van der Waals surface area contributed by atoms with Crippen LogP contribution in [0.4, 0.5) is 96.6 Å². The zero-order valence-corrected chi connectivity index (χ0v) is 42.0. The van der Waals surface area contributed by atoms with Crippen LogP contribution in [0.5, 0.6) is 46.0 Å². The third-order valence-electron chi connectivity index (χ3n) is 13.0. The number of hydrogen-bond acceptors (Lipinski definition) is 4. The van der Waals surface area contributed by atoms with Gasteiger partial charge in [-0.05, 0) is 84.6 Å². The monoisotopic (exact) mass is 1220 g/mol. The van der Waals surface area contributed by atoms with Crippen LogP contribution < -0.4 is 18.9 Å². The van der Waals surface area contributed by atoms with Crippen LogP contribution in [0, 0.1) is 107 Å². The van der Waals surface area contributed by atoms with Gasteiger partial charge in [-0.2, -0.15) is 61.5 Å². The van der Waals surface area contributed by atoms with Crippen LogP contribution in [-0.4, -0.2) is 12.4 Å². The fraction of sp³-hybridized carbons (Fsp3) is 0.0847. The molecule has 0 saturated carbocycles. The molecule has 85 heavy (non-hydrogen) atoms. The summed E-state index contributed by atoms with van der Waals surface area (Å²) in [4.78, 5) is 0. The molecule has 0 aliphatic carbocycles. The first-order valence-electron chi connectivity index (χ1n) is 23.6. The maximum Gasteiger partial charge on any atom is 0.411 e. The quantitative estimate of drug-likeness (QED) is 0.0852. The Hall–Kier alpha value is -9.36. The van der Waals surface area contributed by atoms with Crippen LogP contribution in [0.25, 0.3) is 33.4 Å². The van der Waals surface area contributed by atoms with E-state index in [1.54, 1.807) is 31.2 Å². The maximum absolute atomic E-state index is 15.6. The summed E-state index contributed by atoms with van der Waals surface area (Å²) in [5.41, 5.74) is -15.7. The van der Waals surface area contributed by atoms with Crippen molar-refractivity contribution in [2.75, 3.05) is 0 Å². The Morgan fingerprint density at radius 3 is 0.624 bits per heavy atom. The van der Waals surface area contributed by atoms with E-state index in [1.807, 2.05) is 6.92 Å². The van der Waals surface area contributed by atoms with E-state index in [-0.39, 0.29) is 48.5 Å². The number of aryl methyl sites for hydroxylation is 2. The summed E-state index contributed by atoms with van der Waals surface area (Å²) in [5.74, 6) is -53.7. The van der Waals surface area contributed by atoms with Gasteiger partial charge in [-0.1, -0.05) is 83.9 Å². The van der Waals surface area contributed by atoms with Crippen molar-refractivity contribution in [2.45, 2.75) is 31.6 Å². The van der Waals surface area contributed by atoms with E-state index in [0.29, 0.717) is 16.7 Å². The summed E-state index contributed by atoms with van der Waals surface area (Å²) in [7, 11) is 0. The zero-order valence-electron chi connectivity index (χ0n) is 42.0. The van der Waals surface area contributed by atoms with Crippen molar-refractivity contribution in [3.8, 4) is 79.4 Å². The fourth-order valence-electron chi connectivity index (χ4n) is 8.75. The average molecular weight is 1220 g/mol. The third-order valence-corrected chi connectivity index (χ3v) is 13.0. The molecule has 0 aromatic heterocycles. The summed E-state index contributed by atoms with van der Waals surface area (Å²) in [6.07, 6.45) is -13.0. The lowest BCUT2D eigenvalue weighted by molar-refractivity contribution is -0.288. The number of hydrogen-bond donors (Lipinski definition) is 0. The van der Waals surface area contributed by atoms with Crippen molar-refractivity contribution >= 4 is 0 Å². The standard InChI is InChI=1S/C59H26F22O4/c1-23-3-7-25(8-4-23)26-9-17-30(18-10-26)83-54-47(70)39(62)34(40(63)48(54)71)36-43(66)51(74)56(52(75)44(36)67)85-32-21-13-28(14-22-32)57(58(76,77)78,59(79,80)81)27-11-19-31(20-12-27)84-55-49(72)41(64)35(42(65)50(55)73)33-37(60)45(68)53(46(69)38(33)61)82-29-15-5-24(2)6-16-29/h3-22H,1-2H3. The van der Waals surface area contributed by atoms with Gasteiger partial charge in [0, 0.05) is 0 Å². The van der Waals surface area contributed by atoms with Gasteiger partial charge in [0.1, 0.15) is 23.0 Å². The van der Waals surface area contributed by atoms with Crippen LogP contribution in [0.3, 0.4) is 0 Å². The molecule has 0 saturated heterocycles. The average Bonchev–Trinajstić information content (AvgIpc) is 0.841. The molecule has 0 aliphatic rings. The molecule has 0 atom stereocenters. The lowest BCUT2D eigenvalue weighted by atomic mass is 9.73. The first-order chi connectivity index (χ1) is 39.9. The number of rotatable bonds is 13. The summed E-state index contributed by atoms with van der Waals surface area (Å²) < 4.78 is 356. The molecule has 440 valence electrons. The van der Waals surface area contributed by atoms with Crippen molar-refractivity contribution in [3.05, 3.63) is 237 Å². The normalized spacial score (nSPS) is 12.0. The van der Waals surface area contributed by atoms with Gasteiger partial charge in [-0.15, -0.1) is 0 Å². The molecular formula is C59H26F22O4. The highest BCUT2D eigenvalue weighted by atomic mass is 19.4. The highest BCUT2D eigenvalue weighted by Crippen LogP contribution is 2.57. The molecule has 9 aromatic carbocycles. The minimum Gasteiger partial charge on any atom is -0.451 e. The Bertz CT molecular complexity index is 3960. The van der Waals surface area contributed by atoms with E-state index in [4.69, 9.17) is 14.2 Å². The molecule has 26 heteroatoms. The molecule has 4 nitrogen and oxygen atoms in total. The molecule has 0 unspecified atom stereocenters. The van der Waals surface area contributed by atoms with Gasteiger partial charge >= 0.3 is 12.4 Å². The second-order valence-corrected chi connectivity index (χ2v) is 18.2. The zero-order chi connectivity index (χ0) is 62.1. The molecule has 0 amide bonds. The Labute approximate surface area is 462 Å². The number of benzene rings is 9. The molecular weight excluding hydrogens is 1190 g/mol. The van der Waals surface area contributed by atoms with Crippen molar-refractivity contribution in [3.63, 3.8) is 0 Å². The lowest BCUT2D eigenvalue weighted by Gasteiger charge is -2.38. The Morgan fingerprint density at radius 1 is 0.235 bits per heavy atom. The Kier molecular flexibility index (Phi) is 15.8.